The first-order valence-corrected chi connectivity index (χ1v) is 6.50. The molecule has 0 bridgehead atoms. The fraction of sp³-hybridized carbons (Fsp3) is 0.667. The van der Waals surface area contributed by atoms with E-state index in [9.17, 15) is 8.42 Å². The lowest BCUT2D eigenvalue weighted by Crippen LogP contribution is -2.09. The topological polar surface area (TPSA) is 72.5 Å². The molecule has 2 N–H and O–H groups in total. The lowest BCUT2D eigenvalue weighted by molar-refractivity contribution is 0.600. The van der Waals surface area contributed by atoms with Crippen LogP contribution in [0.5, 0.6) is 0 Å². The highest BCUT2D eigenvalue weighted by Crippen LogP contribution is 2.19. The molecular weight excluding hydrogens is 192 g/mol. The molecule has 0 heterocycles. The third-order valence-electron chi connectivity index (χ3n) is 0.609. The zero-order valence-corrected chi connectivity index (χ0v) is 8.25. The zero-order chi connectivity index (χ0) is 8.36. The van der Waals surface area contributed by atoms with Gasteiger partial charge in [0, 0.05) is 0 Å². The van der Waals surface area contributed by atoms with Crippen molar-refractivity contribution in [1.82, 2.24) is 0 Å². The van der Waals surface area contributed by atoms with Crippen LogP contribution in [0.1, 0.15) is 0 Å². The van der Waals surface area contributed by atoms with Crippen molar-refractivity contribution in [3.63, 3.8) is 0 Å². The summed E-state index contributed by atoms with van der Waals surface area (Å²) >= 11 is 3.84. The standard InChI is InChI=1S/C3H10N2O2S3/c1-9(2)3(8)5-10(4,6)7/h9H,1-2H3,(H,5,8)(H2,4,6,7). The summed E-state index contributed by atoms with van der Waals surface area (Å²) in [5.41, 5.74) is 0. The van der Waals surface area contributed by atoms with E-state index in [4.69, 9.17) is 0 Å². The molecule has 0 radical (unpaired) electrons. The van der Waals surface area contributed by atoms with Crippen molar-refractivity contribution < 1.29 is 8.42 Å². The normalized spacial score (nSPS) is 15.2. The third-order valence-corrected chi connectivity index (χ3v) is 3.52. The minimum absolute atomic E-state index is 0.289. The van der Waals surface area contributed by atoms with E-state index in [-0.39, 0.29) is 4.38 Å². The van der Waals surface area contributed by atoms with E-state index in [0.717, 1.165) is 0 Å². The van der Waals surface area contributed by atoms with Crippen LogP contribution in [0.4, 0.5) is 0 Å². The van der Waals surface area contributed by atoms with Crippen LogP contribution in [0.3, 0.4) is 0 Å². The summed E-state index contributed by atoms with van der Waals surface area (Å²) in [4.78, 5) is 0. The first-order valence-electron chi connectivity index (χ1n) is 2.32. The van der Waals surface area contributed by atoms with Crippen molar-refractivity contribution in [2.24, 2.45) is 9.54 Å². The van der Waals surface area contributed by atoms with Gasteiger partial charge in [-0.05, 0) is 12.5 Å². The SMILES string of the molecule is C[SH](C)C(S)=NS(N)(=O)=O. The van der Waals surface area contributed by atoms with Gasteiger partial charge in [-0.1, -0.05) is 0 Å². The number of hydrogen-bond donors (Lipinski definition) is 3. The summed E-state index contributed by atoms with van der Waals surface area (Å²) in [6.07, 6.45) is 3.68. The predicted octanol–water partition coefficient (Wildman–Crippen LogP) is -0.263. The number of nitrogens with two attached hydrogens (primary N) is 1. The van der Waals surface area contributed by atoms with Crippen LogP contribution in [0.25, 0.3) is 0 Å². The van der Waals surface area contributed by atoms with Gasteiger partial charge >= 0.3 is 10.2 Å². The Morgan fingerprint density at radius 2 is 2.00 bits per heavy atom. The van der Waals surface area contributed by atoms with Gasteiger partial charge in [0.25, 0.3) is 0 Å². The summed E-state index contributed by atoms with van der Waals surface area (Å²) in [6.45, 7) is 0. The molecule has 0 saturated heterocycles. The van der Waals surface area contributed by atoms with E-state index in [2.05, 4.69) is 22.2 Å². The van der Waals surface area contributed by atoms with Gasteiger partial charge in [0.05, 0.1) is 0 Å². The van der Waals surface area contributed by atoms with E-state index in [1.807, 2.05) is 12.5 Å². The second-order valence-corrected chi connectivity index (χ2v) is 6.00. The number of hydrogen-bond acceptors (Lipinski definition) is 2. The van der Waals surface area contributed by atoms with Gasteiger partial charge in [0.15, 0.2) is 0 Å². The molecule has 0 spiro atoms. The van der Waals surface area contributed by atoms with Crippen molar-refractivity contribution in [1.29, 1.82) is 0 Å². The van der Waals surface area contributed by atoms with Crippen LogP contribution < -0.4 is 5.14 Å². The van der Waals surface area contributed by atoms with Crippen LogP contribution in [-0.2, 0) is 10.2 Å². The molecular formula is C3H10N2O2S3. The molecule has 10 heavy (non-hydrogen) atoms. The van der Waals surface area contributed by atoms with Gasteiger partial charge in [0.1, 0.15) is 4.38 Å². The monoisotopic (exact) mass is 202 g/mol. The second kappa shape index (κ2) is 3.61. The highest BCUT2D eigenvalue weighted by Gasteiger charge is 2.01. The Bertz CT molecular complexity index is 230. The van der Waals surface area contributed by atoms with Gasteiger partial charge in [-0.3, -0.25) is 0 Å². The smallest absolute Gasteiger partial charge is 0.210 e. The van der Waals surface area contributed by atoms with E-state index < -0.39 is 21.1 Å². The number of rotatable bonds is 1. The summed E-state index contributed by atoms with van der Waals surface area (Å²) in [7, 11) is -4.31. The Morgan fingerprint density at radius 1 is 1.60 bits per heavy atom. The number of nitrogens with zero attached hydrogens (tertiary/aromatic N) is 1. The van der Waals surface area contributed by atoms with Crippen LogP contribution >= 0.6 is 23.5 Å². The van der Waals surface area contributed by atoms with Crippen molar-refractivity contribution in [3.8, 4) is 0 Å². The Kier molecular flexibility index (Phi) is 3.71. The largest absolute Gasteiger partial charge is 0.318 e. The molecule has 4 nitrogen and oxygen atoms in total. The van der Waals surface area contributed by atoms with Gasteiger partial charge < -0.3 is 0 Å². The van der Waals surface area contributed by atoms with E-state index in [0.29, 0.717) is 0 Å². The first-order chi connectivity index (χ1) is 4.33. The van der Waals surface area contributed by atoms with Gasteiger partial charge in [-0.2, -0.15) is 8.42 Å². The molecule has 7 heteroatoms. The highest BCUT2D eigenvalue weighted by molar-refractivity contribution is 8.42. The van der Waals surface area contributed by atoms with Gasteiger partial charge in [0.2, 0.25) is 0 Å². The zero-order valence-electron chi connectivity index (χ0n) is 5.64. The molecule has 0 rings (SSSR count). The lowest BCUT2D eigenvalue weighted by Gasteiger charge is -2.04. The first kappa shape index (κ1) is 10.3. The molecule has 0 saturated carbocycles. The van der Waals surface area contributed by atoms with Gasteiger partial charge in [-0.25, -0.2) is 16.0 Å². The quantitative estimate of drug-likeness (QED) is 0.311. The maximum Gasteiger partial charge on any atom is 0.318 e. The molecule has 0 atom stereocenters. The predicted molar refractivity (Wildman–Crippen MR) is 50.4 cm³/mol. The molecule has 0 fully saturated rings. The fourth-order valence-corrected chi connectivity index (χ4v) is 1.76. The minimum atomic E-state index is -3.74. The van der Waals surface area contributed by atoms with Crippen LogP contribution in [0, 0.1) is 0 Å². The maximum atomic E-state index is 10.3. The Balaban J connectivity index is 4.49. The molecule has 0 aliphatic rings. The van der Waals surface area contributed by atoms with E-state index in [1.54, 1.807) is 0 Å². The number of thiol groups is 2. The van der Waals surface area contributed by atoms with E-state index in [1.165, 1.54) is 0 Å². The second-order valence-electron chi connectivity index (χ2n) is 1.80. The van der Waals surface area contributed by atoms with Crippen molar-refractivity contribution >= 4 is 38.1 Å². The Hall–Kier alpha value is 0.280. The summed E-state index contributed by atoms with van der Waals surface area (Å²) in [6, 6.07) is 0. The molecule has 62 valence electrons. The molecule has 0 aromatic carbocycles. The van der Waals surface area contributed by atoms with Crippen LogP contribution in [-0.4, -0.2) is 25.3 Å². The Morgan fingerprint density at radius 3 is 2.10 bits per heavy atom. The van der Waals surface area contributed by atoms with Crippen LogP contribution in [0.2, 0.25) is 0 Å². The molecule has 0 aliphatic carbocycles. The molecule has 0 amide bonds. The summed E-state index contributed by atoms with van der Waals surface area (Å²) < 4.78 is 24.1. The van der Waals surface area contributed by atoms with Crippen molar-refractivity contribution in [3.05, 3.63) is 0 Å². The van der Waals surface area contributed by atoms with Gasteiger partial charge in [-0.15, -0.1) is 17.0 Å². The molecule has 0 aromatic rings. The van der Waals surface area contributed by atoms with Crippen molar-refractivity contribution in [2.75, 3.05) is 12.5 Å². The minimum Gasteiger partial charge on any atom is -0.210 e. The maximum absolute atomic E-state index is 10.3. The van der Waals surface area contributed by atoms with E-state index >= 15 is 0 Å². The average Bonchev–Trinajstić information content (AvgIpc) is 1.60. The van der Waals surface area contributed by atoms with Crippen molar-refractivity contribution in [2.45, 2.75) is 0 Å². The third kappa shape index (κ3) is 5.10. The Labute approximate surface area is 68.8 Å². The molecule has 0 aromatic heterocycles. The molecule has 0 aliphatic heterocycles. The fourth-order valence-electron chi connectivity index (χ4n) is 0.195. The summed E-state index contributed by atoms with van der Waals surface area (Å²) in [5, 5.41) is 4.62. The highest BCUT2D eigenvalue weighted by atomic mass is 32.2. The average molecular weight is 202 g/mol. The lowest BCUT2D eigenvalue weighted by atomic mass is 11.7. The van der Waals surface area contributed by atoms with Crippen LogP contribution in [0.15, 0.2) is 4.40 Å². The molecule has 0 unspecified atom stereocenters. The summed E-state index contributed by atoms with van der Waals surface area (Å²) in [5.74, 6) is 0.